The first kappa shape index (κ1) is 11.3. The second kappa shape index (κ2) is 4.64. The molecule has 0 unspecified atom stereocenters. The minimum Gasteiger partial charge on any atom is -0.478 e. The molecular formula is C12H15NO2. The largest absolute Gasteiger partial charge is 0.478 e. The predicted molar refractivity (Wildman–Crippen MR) is 61.3 cm³/mol. The molecule has 2 N–H and O–H groups in total. The van der Waals surface area contributed by atoms with Gasteiger partial charge in [-0.25, -0.2) is 4.79 Å². The van der Waals surface area contributed by atoms with E-state index in [-0.39, 0.29) is 0 Å². The minimum absolute atomic E-state index is 0.329. The Morgan fingerprint density at radius 2 is 2.00 bits per heavy atom. The molecule has 2 aromatic rings. The maximum atomic E-state index is 10.7. The summed E-state index contributed by atoms with van der Waals surface area (Å²) in [6.45, 7) is 5.95. The van der Waals surface area contributed by atoms with Gasteiger partial charge in [0.1, 0.15) is 0 Å². The van der Waals surface area contributed by atoms with E-state index >= 15 is 0 Å². The molecule has 15 heavy (non-hydrogen) atoms. The van der Waals surface area contributed by atoms with Gasteiger partial charge in [-0.1, -0.05) is 13.8 Å². The van der Waals surface area contributed by atoms with E-state index in [2.05, 4.69) is 4.98 Å². The van der Waals surface area contributed by atoms with Crippen molar-refractivity contribution in [2.24, 2.45) is 0 Å². The fourth-order valence-electron chi connectivity index (χ4n) is 1.39. The summed E-state index contributed by atoms with van der Waals surface area (Å²) in [5.41, 5.74) is 2.37. The van der Waals surface area contributed by atoms with Crippen molar-refractivity contribution in [3.8, 4) is 0 Å². The number of benzene rings is 1. The summed E-state index contributed by atoms with van der Waals surface area (Å²) in [5, 5.41) is 9.73. The first-order valence-electron chi connectivity index (χ1n) is 4.99. The molecule has 3 nitrogen and oxygen atoms in total. The Hall–Kier alpha value is -1.77. The van der Waals surface area contributed by atoms with E-state index in [0.717, 1.165) is 16.5 Å². The summed E-state index contributed by atoms with van der Waals surface area (Å²) in [5.74, 6) is -0.887. The van der Waals surface area contributed by atoms with Crippen LogP contribution in [0.4, 0.5) is 0 Å². The number of fused-ring (bicyclic) bond motifs is 1. The first-order chi connectivity index (χ1) is 7.18. The van der Waals surface area contributed by atoms with Gasteiger partial charge in [0.25, 0.3) is 0 Å². The fourth-order valence-corrected chi connectivity index (χ4v) is 1.39. The average molecular weight is 205 g/mol. The molecule has 0 bridgehead atoms. The predicted octanol–water partition coefficient (Wildman–Crippen LogP) is 3.20. The lowest BCUT2D eigenvalue weighted by molar-refractivity contribution is 0.0697. The molecule has 0 saturated heterocycles. The van der Waals surface area contributed by atoms with Gasteiger partial charge in [-0.15, -0.1) is 0 Å². The van der Waals surface area contributed by atoms with Crippen LogP contribution >= 0.6 is 0 Å². The highest BCUT2D eigenvalue weighted by atomic mass is 16.4. The van der Waals surface area contributed by atoms with Gasteiger partial charge in [-0.3, -0.25) is 0 Å². The van der Waals surface area contributed by atoms with Crippen molar-refractivity contribution in [1.29, 1.82) is 0 Å². The molecule has 0 saturated carbocycles. The Morgan fingerprint density at radius 1 is 1.33 bits per heavy atom. The maximum absolute atomic E-state index is 10.7. The monoisotopic (exact) mass is 205 g/mol. The number of aryl methyl sites for hydroxylation is 1. The SMILES string of the molecule is CC.Cc1c[nH]c2ccc(C(=O)O)cc12. The number of carbonyl (C=O) groups is 1. The van der Waals surface area contributed by atoms with E-state index in [0.29, 0.717) is 5.56 Å². The number of aromatic nitrogens is 1. The summed E-state index contributed by atoms with van der Waals surface area (Å²) in [7, 11) is 0. The van der Waals surface area contributed by atoms with Crippen molar-refractivity contribution in [2.45, 2.75) is 20.8 Å². The molecule has 0 radical (unpaired) electrons. The lowest BCUT2D eigenvalue weighted by Gasteiger charge is -1.95. The summed E-state index contributed by atoms with van der Waals surface area (Å²) in [6.07, 6.45) is 1.87. The van der Waals surface area contributed by atoms with Gasteiger partial charge in [0.05, 0.1) is 5.56 Å². The van der Waals surface area contributed by atoms with Gasteiger partial charge in [0.2, 0.25) is 0 Å². The number of nitrogens with one attached hydrogen (secondary N) is 1. The maximum Gasteiger partial charge on any atom is 0.335 e. The van der Waals surface area contributed by atoms with E-state index in [4.69, 9.17) is 5.11 Å². The van der Waals surface area contributed by atoms with Gasteiger partial charge in [0, 0.05) is 17.1 Å². The van der Waals surface area contributed by atoms with E-state index in [9.17, 15) is 4.79 Å². The summed E-state index contributed by atoms with van der Waals surface area (Å²) < 4.78 is 0. The third-order valence-electron chi connectivity index (χ3n) is 2.14. The number of hydrogen-bond acceptors (Lipinski definition) is 1. The van der Waals surface area contributed by atoms with E-state index in [1.165, 1.54) is 0 Å². The van der Waals surface area contributed by atoms with Crippen LogP contribution in [0.1, 0.15) is 29.8 Å². The van der Waals surface area contributed by atoms with Crippen LogP contribution in [0.5, 0.6) is 0 Å². The van der Waals surface area contributed by atoms with Crippen LogP contribution in [0.25, 0.3) is 10.9 Å². The zero-order valence-electron chi connectivity index (χ0n) is 9.16. The van der Waals surface area contributed by atoms with Crippen molar-refractivity contribution in [2.75, 3.05) is 0 Å². The second-order valence-corrected chi connectivity index (χ2v) is 3.04. The Bertz CT molecular complexity index is 471. The molecule has 0 amide bonds. The van der Waals surface area contributed by atoms with Crippen LogP contribution < -0.4 is 0 Å². The number of aromatic carboxylic acids is 1. The van der Waals surface area contributed by atoms with Gasteiger partial charge in [-0.05, 0) is 30.7 Å². The number of carboxylic acids is 1. The highest BCUT2D eigenvalue weighted by Crippen LogP contribution is 2.18. The zero-order valence-corrected chi connectivity index (χ0v) is 9.16. The van der Waals surface area contributed by atoms with Crippen LogP contribution in [0.15, 0.2) is 24.4 Å². The molecular weight excluding hydrogens is 190 g/mol. The number of aromatic amines is 1. The number of carboxylic acid groups (broad SMARTS) is 1. The number of rotatable bonds is 1. The average Bonchev–Trinajstić information content (AvgIpc) is 2.63. The molecule has 0 atom stereocenters. The number of hydrogen-bond donors (Lipinski definition) is 2. The Morgan fingerprint density at radius 3 is 2.60 bits per heavy atom. The molecule has 1 aromatic heterocycles. The molecule has 0 aliphatic heterocycles. The lowest BCUT2D eigenvalue weighted by atomic mass is 10.1. The highest BCUT2D eigenvalue weighted by Gasteiger charge is 2.05. The van der Waals surface area contributed by atoms with Crippen molar-refractivity contribution in [3.05, 3.63) is 35.5 Å². The molecule has 0 aliphatic rings. The van der Waals surface area contributed by atoms with E-state index in [1.807, 2.05) is 27.0 Å². The first-order valence-corrected chi connectivity index (χ1v) is 4.99. The normalized spacial score (nSPS) is 9.53. The van der Waals surface area contributed by atoms with Crippen molar-refractivity contribution in [3.63, 3.8) is 0 Å². The molecule has 1 heterocycles. The van der Waals surface area contributed by atoms with Crippen molar-refractivity contribution < 1.29 is 9.90 Å². The summed E-state index contributed by atoms with van der Waals surface area (Å²) >= 11 is 0. The molecule has 2 rings (SSSR count). The van der Waals surface area contributed by atoms with Crippen LogP contribution in [0, 0.1) is 6.92 Å². The van der Waals surface area contributed by atoms with Gasteiger partial charge >= 0.3 is 5.97 Å². The number of H-pyrrole nitrogens is 1. The summed E-state index contributed by atoms with van der Waals surface area (Å²) in [4.78, 5) is 13.7. The van der Waals surface area contributed by atoms with Crippen molar-refractivity contribution in [1.82, 2.24) is 4.98 Å². The standard InChI is InChI=1S/C10H9NO2.C2H6/c1-6-5-11-9-3-2-7(10(12)13)4-8(6)9;1-2/h2-5,11H,1H3,(H,12,13);1-2H3. The third-order valence-corrected chi connectivity index (χ3v) is 2.14. The molecule has 0 fully saturated rings. The highest BCUT2D eigenvalue weighted by molar-refractivity contribution is 5.94. The van der Waals surface area contributed by atoms with Gasteiger partial charge < -0.3 is 10.1 Å². The molecule has 0 spiro atoms. The second-order valence-electron chi connectivity index (χ2n) is 3.04. The molecule has 80 valence electrons. The van der Waals surface area contributed by atoms with Crippen LogP contribution in [0.2, 0.25) is 0 Å². The van der Waals surface area contributed by atoms with E-state index in [1.54, 1.807) is 18.2 Å². The Labute approximate surface area is 88.7 Å². The smallest absolute Gasteiger partial charge is 0.335 e. The Kier molecular flexibility index (Phi) is 3.50. The summed E-state index contributed by atoms with van der Waals surface area (Å²) in [6, 6.07) is 5.07. The quantitative estimate of drug-likeness (QED) is 0.751. The van der Waals surface area contributed by atoms with Crippen LogP contribution in [-0.4, -0.2) is 16.1 Å². The Balaban J connectivity index is 0.000000531. The fraction of sp³-hybridized carbons (Fsp3) is 0.250. The zero-order chi connectivity index (χ0) is 11.4. The van der Waals surface area contributed by atoms with Crippen LogP contribution in [0.3, 0.4) is 0 Å². The van der Waals surface area contributed by atoms with E-state index < -0.39 is 5.97 Å². The van der Waals surface area contributed by atoms with Gasteiger partial charge in [-0.2, -0.15) is 0 Å². The van der Waals surface area contributed by atoms with Crippen molar-refractivity contribution >= 4 is 16.9 Å². The lowest BCUT2D eigenvalue weighted by Crippen LogP contribution is -1.94. The molecule has 3 heteroatoms. The third kappa shape index (κ3) is 2.18. The molecule has 0 aliphatic carbocycles. The minimum atomic E-state index is -0.887. The molecule has 1 aromatic carbocycles. The van der Waals surface area contributed by atoms with Gasteiger partial charge in [0.15, 0.2) is 0 Å². The van der Waals surface area contributed by atoms with Crippen LogP contribution in [-0.2, 0) is 0 Å². The topological polar surface area (TPSA) is 53.1 Å².